The number of hydrogen-bond acceptors (Lipinski definition) is 8. The SMILES string of the molecule is Cc1c(C(=O)NC2(C(F)F)CC2)cc(Nc2nc(-c3cnc4c(c3)N(C3CC(C)(N5CCCOCC5)C3)C(=O)C4(C)C)cc3ncn(C(C)C)c23)c(F)c1F. The normalized spacial score (nSPS) is 23.2. The van der Waals surface area contributed by atoms with Gasteiger partial charge in [-0.25, -0.2) is 27.5 Å². The van der Waals surface area contributed by atoms with Crippen LogP contribution in [0.5, 0.6) is 0 Å². The second-order valence-corrected chi connectivity index (χ2v) is 16.6. The number of amides is 2. The Morgan fingerprint density at radius 1 is 1.02 bits per heavy atom. The number of halogens is 4. The van der Waals surface area contributed by atoms with Crippen molar-refractivity contribution >= 4 is 40.0 Å². The predicted molar refractivity (Wildman–Crippen MR) is 200 cm³/mol. The third-order valence-corrected chi connectivity index (χ3v) is 12.1. The fourth-order valence-electron chi connectivity index (χ4n) is 8.50. The third-order valence-electron chi connectivity index (χ3n) is 12.1. The van der Waals surface area contributed by atoms with E-state index in [9.17, 15) is 18.4 Å². The first-order valence-electron chi connectivity index (χ1n) is 19.0. The van der Waals surface area contributed by atoms with Crippen molar-refractivity contribution in [1.82, 2.24) is 29.7 Å². The quantitative estimate of drug-likeness (QED) is 0.172. The second-order valence-electron chi connectivity index (χ2n) is 16.6. The van der Waals surface area contributed by atoms with Gasteiger partial charge in [-0.3, -0.25) is 19.5 Å². The summed E-state index contributed by atoms with van der Waals surface area (Å²) in [6, 6.07) is 4.69. The van der Waals surface area contributed by atoms with Gasteiger partial charge in [0.15, 0.2) is 17.5 Å². The van der Waals surface area contributed by atoms with E-state index in [1.54, 1.807) is 18.6 Å². The van der Waals surface area contributed by atoms with Crippen LogP contribution in [0, 0.1) is 18.6 Å². The molecule has 3 fully saturated rings. The fourth-order valence-corrected chi connectivity index (χ4v) is 8.50. The fraction of sp³-hybridized carbons (Fsp3) is 0.525. The van der Waals surface area contributed by atoms with Crippen LogP contribution in [0.15, 0.2) is 30.7 Å². The molecular formula is C40H46F4N8O3. The number of rotatable bonds is 9. The number of carbonyl (C=O) groups is 2. The first-order valence-corrected chi connectivity index (χ1v) is 19.0. The zero-order valence-electron chi connectivity index (χ0n) is 31.9. The van der Waals surface area contributed by atoms with Crippen molar-refractivity contribution in [3.05, 3.63) is 59.2 Å². The van der Waals surface area contributed by atoms with E-state index in [-0.39, 0.29) is 53.3 Å². The highest BCUT2D eigenvalue weighted by Gasteiger charge is 2.55. The van der Waals surface area contributed by atoms with Crippen LogP contribution in [0.3, 0.4) is 0 Å². The minimum Gasteiger partial charge on any atom is -0.380 e. The van der Waals surface area contributed by atoms with Gasteiger partial charge in [-0.05, 0) is 91.8 Å². The first-order chi connectivity index (χ1) is 26.0. The van der Waals surface area contributed by atoms with E-state index in [4.69, 9.17) is 14.7 Å². The summed E-state index contributed by atoms with van der Waals surface area (Å²) in [6.45, 7) is 14.4. The zero-order chi connectivity index (χ0) is 39.2. The van der Waals surface area contributed by atoms with Gasteiger partial charge in [-0.1, -0.05) is 0 Å². The van der Waals surface area contributed by atoms with Gasteiger partial charge < -0.3 is 24.8 Å². The molecule has 1 aromatic carbocycles. The van der Waals surface area contributed by atoms with E-state index < -0.39 is 40.6 Å². The molecule has 2 saturated carbocycles. The van der Waals surface area contributed by atoms with E-state index in [2.05, 4.69) is 27.4 Å². The van der Waals surface area contributed by atoms with E-state index in [1.807, 2.05) is 43.2 Å². The Hall–Kier alpha value is -4.63. The number of ether oxygens (including phenoxy) is 1. The number of pyridine rings is 2. The van der Waals surface area contributed by atoms with Crippen molar-refractivity contribution < 1.29 is 31.9 Å². The molecule has 1 saturated heterocycles. The summed E-state index contributed by atoms with van der Waals surface area (Å²) in [5.74, 6) is -3.35. The van der Waals surface area contributed by atoms with Gasteiger partial charge in [0.25, 0.3) is 12.3 Å². The summed E-state index contributed by atoms with van der Waals surface area (Å²) >= 11 is 0. The second kappa shape index (κ2) is 13.2. The highest BCUT2D eigenvalue weighted by molar-refractivity contribution is 6.08. The molecule has 15 heteroatoms. The highest BCUT2D eigenvalue weighted by atomic mass is 19.3. The van der Waals surface area contributed by atoms with Crippen LogP contribution in [-0.2, 0) is 14.9 Å². The van der Waals surface area contributed by atoms with Crippen LogP contribution in [0.2, 0.25) is 0 Å². The topological polar surface area (TPSA) is 118 Å². The largest absolute Gasteiger partial charge is 0.380 e. The summed E-state index contributed by atoms with van der Waals surface area (Å²) in [6.07, 6.45) is 3.26. The molecule has 3 aromatic heterocycles. The number of benzene rings is 1. The van der Waals surface area contributed by atoms with E-state index in [1.165, 1.54) is 6.92 Å². The molecule has 11 nitrogen and oxygen atoms in total. The number of hydrogen-bond donors (Lipinski definition) is 2. The Balaban J connectivity index is 1.16. The number of nitrogens with one attached hydrogen (secondary N) is 2. The maximum atomic E-state index is 15.7. The minimum atomic E-state index is -2.80. The summed E-state index contributed by atoms with van der Waals surface area (Å²) in [5.41, 5.74) is -0.154. The van der Waals surface area contributed by atoms with E-state index >= 15 is 8.78 Å². The molecule has 0 spiro atoms. The molecular weight excluding hydrogens is 716 g/mol. The lowest BCUT2D eigenvalue weighted by molar-refractivity contribution is -0.123. The number of anilines is 3. The van der Waals surface area contributed by atoms with Crippen molar-refractivity contribution in [2.75, 3.05) is 36.5 Å². The molecule has 0 atom stereocenters. The Morgan fingerprint density at radius 3 is 2.45 bits per heavy atom. The monoisotopic (exact) mass is 762 g/mol. The van der Waals surface area contributed by atoms with Crippen molar-refractivity contribution in [3.63, 3.8) is 0 Å². The molecule has 5 heterocycles. The molecule has 4 aliphatic rings. The van der Waals surface area contributed by atoms with Crippen molar-refractivity contribution in [2.24, 2.45) is 0 Å². The van der Waals surface area contributed by atoms with Gasteiger partial charge in [-0.2, -0.15) is 0 Å². The number of carbonyl (C=O) groups excluding carboxylic acids is 2. The van der Waals surface area contributed by atoms with Gasteiger partial charge in [0.2, 0.25) is 5.91 Å². The van der Waals surface area contributed by atoms with Crippen molar-refractivity contribution in [1.29, 1.82) is 0 Å². The molecule has 55 heavy (non-hydrogen) atoms. The summed E-state index contributed by atoms with van der Waals surface area (Å²) < 4.78 is 66.0. The molecule has 0 radical (unpaired) electrons. The Bertz CT molecular complexity index is 2200. The standard InChI is InChI=1S/C40H46F4N8O3/c1-21(2)51-20-46-28-16-26(47-34(32(28)51)48-27-15-25(22(3)30(41)31(27)42)35(53)49-40(8-9-40)36(43)44)23-14-29-33(45-19-23)38(4,5)37(54)52(29)24-17-39(6,18-24)50-10-7-12-55-13-11-50/h14-16,19-21,24,36H,7-13,17-18H2,1-6H3,(H,47,48)(H,49,53). The number of aromatic nitrogens is 4. The lowest BCUT2D eigenvalue weighted by Gasteiger charge is -2.54. The van der Waals surface area contributed by atoms with Gasteiger partial charge in [0, 0.05) is 60.2 Å². The molecule has 8 rings (SSSR count). The lowest BCUT2D eigenvalue weighted by Crippen LogP contribution is -2.63. The van der Waals surface area contributed by atoms with Crippen molar-refractivity contribution in [2.45, 2.75) is 109 Å². The van der Waals surface area contributed by atoms with Gasteiger partial charge >= 0.3 is 0 Å². The summed E-state index contributed by atoms with van der Waals surface area (Å²) in [7, 11) is 0. The average Bonchev–Trinajstić information content (AvgIpc) is 3.83. The first kappa shape index (κ1) is 37.3. The number of alkyl halides is 2. The Kier molecular flexibility index (Phi) is 8.99. The smallest absolute Gasteiger partial charge is 0.261 e. The molecule has 0 bridgehead atoms. The third kappa shape index (κ3) is 6.14. The van der Waals surface area contributed by atoms with Gasteiger partial charge in [0.05, 0.1) is 46.6 Å². The van der Waals surface area contributed by atoms with Crippen LogP contribution in [0.4, 0.5) is 34.8 Å². The molecule has 292 valence electrons. The number of nitrogens with zero attached hydrogens (tertiary/aromatic N) is 6. The van der Waals surface area contributed by atoms with Gasteiger partial charge in [-0.15, -0.1) is 0 Å². The highest BCUT2D eigenvalue weighted by Crippen LogP contribution is 2.50. The lowest BCUT2D eigenvalue weighted by atomic mass is 9.71. The predicted octanol–water partition coefficient (Wildman–Crippen LogP) is 7.20. The zero-order valence-corrected chi connectivity index (χ0v) is 31.9. The molecule has 2 aliphatic heterocycles. The van der Waals surface area contributed by atoms with Crippen LogP contribution >= 0.6 is 0 Å². The maximum absolute atomic E-state index is 15.7. The van der Waals surface area contributed by atoms with E-state index in [0.717, 1.165) is 45.0 Å². The molecule has 2 amide bonds. The maximum Gasteiger partial charge on any atom is 0.261 e. The summed E-state index contributed by atoms with van der Waals surface area (Å²) in [5, 5.41) is 5.26. The minimum absolute atomic E-state index is 0.0160. The van der Waals surface area contributed by atoms with Crippen LogP contribution in [0.25, 0.3) is 22.3 Å². The van der Waals surface area contributed by atoms with Crippen molar-refractivity contribution in [3.8, 4) is 11.3 Å². The van der Waals surface area contributed by atoms with Gasteiger partial charge in [0.1, 0.15) is 11.1 Å². The number of imidazole rings is 1. The van der Waals surface area contributed by atoms with Crippen LogP contribution in [0.1, 0.15) is 94.4 Å². The number of fused-ring (bicyclic) bond motifs is 2. The molecule has 4 aromatic rings. The molecule has 0 unspecified atom stereocenters. The Labute approximate surface area is 316 Å². The molecule has 2 N–H and O–H groups in total. The Morgan fingerprint density at radius 2 is 1.76 bits per heavy atom. The summed E-state index contributed by atoms with van der Waals surface area (Å²) in [4.78, 5) is 46.0. The van der Waals surface area contributed by atoms with Crippen LogP contribution in [-0.4, -0.2) is 86.1 Å². The van der Waals surface area contributed by atoms with E-state index in [0.29, 0.717) is 40.3 Å². The van der Waals surface area contributed by atoms with Crippen LogP contribution < -0.4 is 15.5 Å². The molecule has 2 aliphatic carbocycles. The average molecular weight is 763 g/mol.